The average Bonchev–Trinajstić information content (AvgIpc) is 3.42. The second kappa shape index (κ2) is 7.40. The minimum Gasteiger partial charge on any atom is -0.396 e. The van der Waals surface area contributed by atoms with Crippen LogP contribution in [0.5, 0.6) is 0 Å². The highest BCUT2D eigenvalue weighted by molar-refractivity contribution is 7.89. The van der Waals surface area contributed by atoms with Gasteiger partial charge in [0, 0.05) is 50.9 Å². The predicted octanol–water partition coefficient (Wildman–Crippen LogP) is 1.69. The molecule has 2 atom stereocenters. The highest BCUT2D eigenvalue weighted by atomic mass is 32.2. The molecular weight excluding hydrogens is 374 g/mol. The molecule has 7 nitrogen and oxygen atoms in total. The van der Waals surface area contributed by atoms with Crippen molar-refractivity contribution in [3.05, 3.63) is 34.8 Å². The van der Waals surface area contributed by atoms with E-state index in [1.54, 1.807) is 22.2 Å². The largest absolute Gasteiger partial charge is 0.396 e. The zero-order chi connectivity index (χ0) is 18.1. The Morgan fingerprint density at radius 1 is 1.31 bits per heavy atom. The van der Waals surface area contributed by atoms with E-state index in [0.717, 1.165) is 18.4 Å². The van der Waals surface area contributed by atoms with Gasteiger partial charge in [-0.25, -0.2) is 8.42 Å². The molecule has 142 valence electrons. The van der Waals surface area contributed by atoms with Crippen molar-refractivity contribution >= 4 is 21.4 Å². The van der Waals surface area contributed by atoms with Gasteiger partial charge in [-0.05, 0) is 35.2 Å². The fourth-order valence-electron chi connectivity index (χ4n) is 3.83. The molecule has 2 saturated heterocycles. The molecule has 4 rings (SSSR count). The summed E-state index contributed by atoms with van der Waals surface area (Å²) in [5.41, 5.74) is 1.10. The normalized spacial score (nSPS) is 25.7. The van der Waals surface area contributed by atoms with Crippen LogP contribution < -0.4 is 0 Å². The summed E-state index contributed by atoms with van der Waals surface area (Å²) >= 11 is 1.59. The molecule has 0 aliphatic carbocycles. The van der Waals surface area contributed by atoms with Crippen molar-refractivity contribution in [2.75, 3.05) is 32.9 Å². The van der Waals surface area contributed by atoms with E-state index < -0.39 is 10.0 Å². The number of thiophene rings is 1. The number of rotatable bonds is 5. The van der Waals surface area contributed by atoms with Crippen molar-refractivity contribution in [1.29, 1.82) is 0 Å². The minimum absolute atomic E-state index is 0.0200. The van der Waals surface area contributed by atoms with Gasteiger partial charge in [-0.1, -0.05) is 0 Å². The van der Waals surface area contributed by atoms with Gasteiger partial charge >= 0.3 is 0 Å². The van der Waals surface area contributed by atoms with Gasteiger partial charge in [0.1, 0.15) is 4.90 Å². The second-order valence-electron chi connectivity index (χ2n) is 6.93. The van der Waals surface area contributed by atoms with Gasteiger partial charge in [-0.2, -0.15) is 20.7 Å². The molecule has 26 heavy (non-hydrogen) atoms. The zero-order valence-electron chi connectivity index (χ0n) is 14.4. The molecule has 0 amide bonds. The summed E-state index contributed by atoms with van der Waals surface area (Å²) < 4.78 is 34.8. The Morgan fingerprint density at radius 2 is 2.12 bits per heavy atom. The van der Waals surface area contributed by atoms with Crippen molar-refractivity contribution < 1.29 is 18.3 Å². The van der Waals surface area contributed by atoms with E-state index in [9.17, 15) is 13.5 Å². The third-order valence-corrected chi connectivity index (χ3v) is 7.88. The lowest BCUT2D eigenvalue weighted by Gasteiger charge is -2.22. The Labute approximate surface area is 157 Å². The molecule has 0 aromatic carbocycles. The van der Waals surface area contributed by atoms with Gasteiger partial charge in [-0.3, -0.25) is 4.68 Å². The van der Waals surface area contributed by atoms with E-state index >= 15 is 0 Å². The Morgan fingerprint density at radius 3 is 2.81 bits per heavy atom. The summed E-state index contributed by atoms with van der Waals surface area (Å²) in [6.07, 6.45) is 4.77. The molecule has 0 spiro atoms. The fraction of sp³-hybridized carbons (Fsp3) is 0.588. The lowest BCUT2D eigenvalue weighted by Crippen LogP contribution is -2.29. The fourth-order valence-corrected chi connectivity index (χ4v) is 6.02. The SMILES string of the molecule is O=S(=O)(c1cnn(C2CCOCC2)c1)N1C[C@@H](CO)[C@H](c2ccsc2)C1. The van der Waals surface area contributed by atoms with E-state index in [-0.39, 0.29) is 29.4 Å². The Balaban J connectivity index is 1.54. The molecule has 0 unspecified atom stereocenters. The molecule has 0 radical (unpaired) electrons. The lowest BCUT2D eigenvalue weighted by atomic mass is 9.92. The number of aliphatic hydroxyl groups excluding tert-OH is 1. The number of aromatic nitrogens is 2. The Bertz CT molecular complexity index is 828. The Hall–Kier alpha value is -1.26. The summed E-state index contributed by atoms with van der Waals surface area (Å²) in [6, 6.07) is 2.20. The minimum atomic E-state index is -3.61. The molecule has 0 saturated carbocycles. The summed E-state index contributed by atoms with van der Waals surface area (Å²) in [5.74, 6) is -0.0449. The van der Waals surface area contributed by atoms with Crippen molar-refractivity contribution in [3.8, 4) is 0 Å². The number of ether oxygens (including phenoxy) is 1. The first-order valence-electron chi connectivity index (χ1n) is 8.84. The van der Waals surface area contributed by atoms with Gasteiger partial charge in [-0.15, -0.1) is 0 Å². The molecule has 2 aromatic heterocycles. The lowest BCUT2D eigenvalue weighted by molar-refractivity contribution is 0.0662. The van der Waals surface area contributed by atoms with Crippen molar-refractivity contribution in [1.82, 2.24) is 14.1 Å². The van der Waals surface area contributed by atoms with Crippen LogP contribution in [0.1, 0.15) is 30.4 Å². The number of nitrogens with zero attached hydrogens (tertiary/aromatic N) is 3. The first-order chi connectivity index (χ1) is 12.6. The van der Waals surface area contributed by atoms with Crippen molar-refractivity contribution in [3.63, 3.8) is 0 Å². The molecule has 9 heteroatoms. The van der Waals surface area contributed by atoms with Gasteiger partial charge in [0.2, 0.25) is 10.0 Å². The molecule has 0 bridgehead atoms. The van der Waals surface area contributed by atoms with Gasteiger partial charge in [0.25, 0.3) is 0 Å². The van der Waals surface area contributed by atoms with E-state index in [0.29, 0.717) is 26.3 Å². The highest BCUT2D eigenvalue weighted by Crippen LogP contribution is 2.36. The first kappa shape index (κ1) is 18.1. The third-order valence-electron chi connectivity index (χ3n) is 5.39. The summed E-state index contributed by atoms with van der Waals surface area (Å²) in [5, 5.41) is 18.0. The maximum absolute atomic E-state index is 13.1. The van der Waals surface area contributed by atoms with Crippen molar-refractivity contribution in [2.45, 2.75) is 29.7 Å². The van der Waals surface area contributed by atoms with Gasteiger partial charge in [0.15, 0.2) is 0 Å². The van der Waals surface area contributed by atoms with Crippen LogP contribution in [-0.2, 0) is 14.8 Å². The van der Waals surface area contributed by atoms with Crippen LogP contribution in [0.15, 0.2) is 34.1 Å². The van der Waals surface area contributed by atoms with E-state index in [2.05, 4.69) is 5.10 Å². The number of hydrogen-bond donors (Lipinski definition) is 1. The van der Waals surface area contributed by atoms with Crippen LogP contribution in [0.3, 0.4) is 0 Å². The van der Waals surface area contributed by atoms with Gasteiger partial charge < -0.3 is 9.84 Å². The summed E-state index contributed by atoms with van der Waals surface area (Å²) in [4.78, 5) is 0.228. The molecule has 2 aliphatic rings. The predicted molar refractivity (Wildman–Crippen MR) is 97.7 cm³/mol. The maximum Gasteiger partial charge on any atom is 0.246 e. The van der Waals surface area contributed by atoms with E-state index in [1.165, 1.54) is 10.5 Å². The Kier molecular flexibility index (Phi) is 5.15. The quantitative estimate of drug-likeness (QED) is 0.830. The molecule has 4 heterocycles. The topological polar surface area (TPSA) is 84.7 Å². The van der Waals surface area contributed by atoms with Crippen molar-refractivity contribution in [2.24, 2.45) is 5.92 Å². The van der Waals surface area contributed by atoms with E-state index in [4.69, 9.17) is 4.74 Å². The maximum atomic E-state index is 13.1. The molecule has 2 aromatic rings. The van der Waals surface area contributed by atoms with Crippen LogP contribution in [0.25, 0.3) is 0 Å². The van der Waals surface area contributed by atoms with E-state index in [1.807, 2.05) is 16.8 Å². The van der Waals surface area contributed by atoms with Crippen LogP contribution in [0.2, 0.25) is 0 Å². The second-order valence-corrected chi connectivity index (χ2v) is 9.65. The summed E-state index contributed by atoms with van der Waals surface area (Å²) in [6.45, 7) is 2.07. The molecular formula is C17H23N3O4S2. The molecule has 1 N–H and O–H groups in total. The standard InChI is InChI=1S/C17H23N3O4S2/c21-11-14-8-19(10-17(14)13-3-6-25-12-13)26(22,23)16-7-18-20(9-16)15-1-4-24-5-2-15/h3,6-7,9,12,14-15,17,21H,1-2,4-5,8,10-11H2/t14-,17-/m0/s1. The van der Waals surface area contributed by atoms with Crippen LogP contribution >= 0.6 is 11.3 Å². The monoisotopic (exact) mass is 397 g/mol. The summed E-state index contributed by atoms with van der Waals surface area (Å²) in [7, 11) is -3.61. The van der Waals surface area contributed by atoms with Crippen LogP contribution in [0, 0.1) is 5.92 Å². The zero-order valence-corrected chi connectivity index (χ0v) is 16.0. The number of sulfonamides is 1. The smallest absolute Gasteiger partial charge is 0.246 e. The molecule has 2 aliphatic heterocycles. The first-order valence-corrected chi connectivity index (χ1v) is 11.2. The number of hydrogen-bond acceptors (Lipinski definition) is 6. The molecule has 2 fully saturated rings. The van der Waals surface area contributed by atoms with Crippen LogP contribution in [0.4, 0.5) is 0 Å². The average molecular weight is 398 g/mol. The van der Waals surface area contributed by atoms with Gasteiger partial charge in [0.05, 0.1) is 12.2 Å². The number of aliphatic hydroxyl groups is 1. The van der Waals surface area contributed by atoms with Crippen LogP contribution in [-0.4, -0.2) is 60.5 Å². The third kappa shape index (κ3) is 3.34. The highest BCUT2D eigenvalue weighted by Gasteiger charge is 2.40.